The zero-order valence-corrected chi connectivity index (χ0v) is 8.44. The van der Waals surface area contributed by atoms with Crippen molar-refractivity contribution in [1.82, 2.24) is 15.5 Å². The quantitative estimate of drug-likeness (QED) is 0.801. The van der Waals surface area contributed by atoms with Crippen LogP contribution in [0, 0.1) is 5.92 Å². The van der Waals surface area contributed by atoms with E-state index in [-0.39, 0.29) is 0 Å². The zero-order valence-electron chi connectivity index (χ0n) is 8.44. The summed E-state index contributed by atoms with van der Waals surface area (Å²) in [7, 11) is 0. The summed E-state index contributed by atoms with van der Waals surface area (Å²) in [6.45, 7) is 2.22. The smallest absolute Gasteiger partial charge is 0.257 e. The van der Waals surface area contributed by atoms with Gasteiger partial charge in [0.2, 0.25) is 0 Å². The van der Waals surface area contributed by atoms with E-state index in [4.69, 9.17) is 4.52 Å². The first kappa shape index (κ1) is 8.85. The van der Waals surface area contributed by atoms with Crippen LogP contribution in [0.2, 0.25) is 0 Å². The van der Waals surface area contributed by atoms with Crippen molar-refractivity contribution in [3.8, 4) is 0 Å². The molecule has 4 heteroatoms. The van der Waals surface area contributed by atoms with Gasteiger partial charge >= 0.3 is 0 Å². The largest absolute Gasteiger partial charge is 0.336 e. The van der Waals surface area contributed by atoms with Crippen LogP contribution in [0.3, 0.4) is 0 Å². The minimum atomic E-state index is 0.651. The van der Waals surface area contributed by atoms with Crippen LogP contribution >= 0.6 is 0 Å². The molecule has 0 spiro atoms. The minimum Gasteiger partial charge on any atom is -0.336 e. The molecule has 0 saturated carbocycles. The van der Waals surface area contributed by atoms with Crippen molar-refractivity contribution in [3.63, 3.8) is 0 Å². The summed E-state index contributed by atoms with van der Waals surface area (Å²) in [6.07, 6.45) is 3.95. The van der Waals surface area contributed by atoms with Crippen molar-refractivity contribution in [2.45, 2.75) is 12.8 Å². The third-order valence-electron chi connectivity index (χ3n) is 2.97. The molecule has 1 aliphatic heterocycles. The van der Waals surface area contributed by atoms with Gasteiger partial charge in [0.1, 0.15) is 0 Å². The van der Waals surface area contributed by atoms with Crippen molar-refractivity contribution >= 4 is 11.1 Å². The zero-order chi connectivity index (χ0) is 10.1. The van der Waals surface area contributed by atoms with Crippen molar-refractivity contribution in [2.24, 2.45) is 5.92 Å². The van der Waals surface area contributed by atoms with E-state index >= 15 is 0 Å². The molecule has 1 atom stereocenters. The standard InChI is InChI=1S/C11H13N3O/c1-2-9-10(6-8-3-5-12-7-8)14-15-11(9)13-4-1/h1-2,4,8,12H,3,5-7H2. The van der Waals surface area contributed by atoms with Gasteiger partial charge in [-0.2, -0.15) is 0 Å². The van der Waals surface area contributed by atoms with Crippen LogP contribution < -0.4 is 5.32 Å². The first-order chi connectivity index (χ1) is 7.43. The number of nitrogens with zero attached hydrogens (tertiary/aromatic N) is 2. The summed E-state index contributed by atoms with van der Waals surface area (Å²) in [5.41, 5.74) is 1.70. The highest BCUT2D eigenvalue weighted by molar-refractivity contribution is 5.75. The lowest BCUT2D eigenvalue weighted by Crippen LogP contribution is -2.10. The Hall–Kier alpha value is -1.42. The third kappa shape index (κ3) is 1.61. The topological polar surface area (TPSA) is 51.0 Å². The fourth-order valence-corrected chi connectivity index (χ4v) is 2.14. The van der Waals surface area contributed by atoms with Gasteiger partial charge in [-0.05, 0) is 44.0 Å². The van der Waals surface area contributed by atoms with Crippen LogP contribution in [-0.2, 0) is 6.42 Å². The van der Waals surface area contributed by atoms with Crippen LogP contribution in [-0.4, -0.2) is 23.2 Å². The van der Waals surface area contributed by atoms with E-state index in [1.165, 1.54) is 6.42 Å². The molecule has 3 heterocycles. The molecule has 0 aromatic carbocycles. The first-order valence-corrected chi connectivity index (χ1v) is 5.33. The molecular weight excluding hydrogens is 190 g/mol. The summed E-state index contributed by atoms with van der Waals surface area (Å²) in [6, 6.07) is 3.95. The molecule has 0 bridgehead atoms. The molecule has 15 heavy (non-hydrogen) atoms. The summed E-state index contributed by atoms with van der Waals surface area (Å²) in [4.78, 5) is 4.13. The fourth-order valence-electron chi connectivity index (χ4n) is 2.14. The SMILES string of the molecule is c1cnc2onc(CC3CCNC3)c2c1. The Morgan fingerprint density at radius 2 is 2.53 bits per heavy atom. The second kappa shape index (κ2) is 3.62. The van der Waals surface area contributed by atoms with Crippen LogP contribution in [0.15, 0.2) is 22.9 Å². The maximum Gasteiger partial charge on any atom is 0.257 e. The molecule has 2 aromatic heterocycles. The number of aromatic nitrogens is 2. The normalized spacial score (nSPS) is 21.2. The monoisotopic (exact) mass is 203 g/mol. The molecule has 2 aromatic rings. The number of fused-ring (bicyclic) bond motifs is 1. The Bertz CT molecular complexity index is 460. The lowest BCUT2D eigenvalue weighted by molar-refractivity contribution is 0.429. The van der Waals surface area contributed by atoms with Gasteiger partial charge in [-0.25, -0.2) is 4.98 Å². The number of pyridine rings is 1. The van der Waals surface area contributed by atoms with Crippen molar-refractivity contribution in [2.75, 3.05) is 13.1 Å². The Balaban J connectivity index is 1.90. The minimum absolute atomic E-state index is 0.651. The molecule has 1 unspecified atom stereocenters. The highest BCUT2D eigenvalue weighted by Gasteiger charge is 2.18. The number of hydrogen-bond acceptors (Lipinski definition) is 4. The maximum atomic E-state index is 5.18. The Labute approximate surface area is 87.7 Å². The Morgan fingerprint density at radius 1 is 1.53 bits per heavy atom. The van der Waals surface area contributed by atoms with Crippen LogP contribution in [0.4, 0.5) is 0 Å². The van der Waals surface area contributed by atoms with E-state index in [1.54, 1.807) is 6.20 Å². The van der Waals surface area contributed by atoms with Gasteiger partial charge < -0.3 is 9.84 Å². The van der Waals surface area contributed by atoms with E-state index in [0.717, 1.165) is 30.6 Å². The van der Waals surface area contributed by atoms with Gasteiger partial charge in [0.15, 0.2) is 0 Å². The number of nitrogens with one attached hydrogen (secondary N) is 1. The van der Waals surface area contributed by atoms with Gasteiger partial charge in [-0.15, -0.1) is 0 Å². The fraction of sp³-hybridized carbons (Fsp3) is 0.455. The molecule has 1 fully saturated rings. The first-order valence-electron chi connectivity index (χ1n) is 5.33. The van der Waals surface area contributed by atoms with Gasteiger partial charge in [-0.3, -0.25) is 0 Å². The van der Waals surface area contributed by atoms with Crippen molar-refractivity contribution < 1.29 is 4.52 Å². The summed E-state index contributed by atoms with van der Waals surface area (Å²) >= 11 is 0. The third-order valence-corrected chi connectivity index (χ3v) is 2.97. The van der Waals surface area contributed by atoms with Gasteiger partial charge in [0.25, 0.3) is 5.71 Å². The van der Waals surface area contributed by atoms with Crippen molar-refractivity contribution in [1.29, 1.82) is 0 Å². The van der Waals surface area contributed by atoms with E-state index in [0.29, 0.717) is 11.6 Å². The molecule has 1 saturated heterocycles. The second-order valence-corrected chi connectivity index (χ2v) is 4.05. The molecule has 0 aliphatic carbocycles. The average molecular weight is 203 g/mol. The molecule has 3 rings (SSSR count). The van der Waals surface area contributed by atoms with Gasteiger partial charge in [0.05, 0.1) is 11.1 Å². The Kier molecular flexibility index (Phi) is 2.14. The summed E-state index contributed by atoms with van der Waals surface area (Å²) in [5.74, 6) is 0.693. The van der Waals surface area contributed by atoms with E-state index in [1.807, 2.05) is 12.1 Å². The van der Waals surface area contributed by atoms with E-state index in [9.17, 15) is 0 Å². The molecule has 1 aliphatic rings. The van der Waals surface area contributed by atoms with Crippen LogP contribution in [0.5, 0.6) is 0 Å². The van der Waals surface area contributed by atoms with Crippen LogP contribution in [0.25, 0.3) is 11.1 Å². The average Bonchev–Trinajstić information content (AvgIpc) is 2.89. The molecule has 0 radical (unpaired) electrons. The highest BCUT2D eigenvalue weighted by atomic mass is 16.5. The van der Waals surface area contributed by atoms with Gasteiger partial charge in [0, 0.05) is 6.20 Å². The van der Waals surface area contributed by atoms with Crippen LogP contribution in [0.1, 0.15) is 12.1 Å². The second-order valence-electron chi connectivity index (χ2n) is 4.05. The molecule has 0 amide bonds. The predicted molar refractivity (Wildman–Crippen MR) is 56.5 cm³/mol. The molecular formula is C11H13N3O. The lowest BCUT2D eigenvalue weighted by Gasteiger charge is -2.03. The molecule has 4 nitrogen and oxygen atoms in total. The number of rotatable bonds is 2. The summed E-state index contributed by atoms with van der Waals surface area (Å²) in [5, 5.41) is 8.51. The molecule has 1 N–H and O–H groups in total. The predicted octanol–water partition coefficient (Wildman–Crippen LogP) is 1.37. The van der Waals surface area contributed by atoms with Gasteiger partial charge in [-0.1, -0.05) is 5.16 Å². The van der Waals surface area contributed by atoms with E-state index in [2.05, 4.69) is 15.5 Å². The Morgan fingerprint density at radius 3 is 3.40 bits per heavy atom. The molecule has 78 valence electrons. The lowest BCUT2D eigenvalue weighted by atomic mass is 10.0. The summed E-state index contributed by atoms with van der Waals surface area (Å²) < 4.78 is 5.18. The highest BCUT2D eigenvalue weighted by Crippen LogP contribution is 2.21. The number of hydrogen-bond donors (Lipinski definition) is 1. The van der Waals surface area contributed by atoms with Crippen molar-refractivity contribution in [3.05, 3.63) is 24.0 Å². The van der Waals surface area contributed by atoms with E-state index < -0.39 is 0 Å². The maximum absolute atomic E-state index is 5.18.